The smallest absolute Gasteiger partial charge is 0.255 e. The van der Waals surface area contributed by atoms with Crippen molar-refractivity contribution in [3.05, 3.63) is 23.8 Å². The van der Waals surface area contributed by atoms with Crippen LogP contribution in [0.1, 0.15) is 24.2 Å². The molecule has 2 unspecified atom stereocenters. The number of carbonyl (C=O) groups is 1. The van der Waals surface area contributed by atoms with Crippen molar-refractivity contribution in [1.29, 1.82) is 0 Å². The van der Waals surface area contributed by atoms with E-state index in [0.717, 1.165) is 0 Å². The highest BCUT2D eigenvalue weighted by atomic mass is 35.5. The molecule has 5 heteroatoms. The lowest BCUT2D eigenvalue weighted by molar-refractivity contribution is 0.0920. The van der Waals surface area contributed by atoms with Gasteiger partial charge in [0.1, 0.15) is 13.2 Å². The second kappa shape index (κ2) is 6.15. The van der Waals surface area contributed by atoms with Gasteiger partial charge in [0.15, 0.2) is 11.5 Å². The Morgan fingerprint density at radius 3 is 2.84 bits per heavy atom. The molecule has 0 aromatic heterocycles. The summed E-state index contributed by atoms with van der Waals surface area (Å²) in [7, 11) is 0. The van der Waals surface area contributed by atoms with Crippen LogP contribution in [0.15, 0.2) is 18.2 Å². The summed E-state index contributed by atoms with van der Waals surface area (Å²) in [4.78, 5) is 12.3. The molecule has 0 bridgehead atoms. The Bertz CT molecular complexity index is 464. The molecule has 19 heavy (non-hydrogen) atoms. The van der Waals surface area contributed by atoms with E-state index >= 15 is 0 Å². The minimum atomic E-state index is -0.160. The Kier molecular flexibility index (Phi) is 4.53. The minimum Gasteiger partial charge on any atom is -0.486 e. The fraction of sp³-hybridized carbons (Fsp3) is 0.500. The third kappa shape index (κ3) is 3.13. The van der Waals surface area contributed by atoms with Gasteiger partial charge in [-0.1, -0.05) is 13.0 Å². The first-order valence-corrected chi connectivity index (χ1v) is 6.92. The Morgan fingerprint density at radius 2 is 2.11 bits per heavy atom. The molecule has 1 heterocycles. The molecule has 2 rings (SSSR count). The predicted molar refractivity (Wildman–Crippen MR) is 74.2 cm³/mol. The molecule has 104 valence electrons. The van der Waals surface area contributed by atoms with E-state index in [-0.39, 0.29) is 17.9 Å². The number of alkyl halides is 1. The number of para-hydroxylation sites is 1. The number of carbonyl (C=O) groups excluding carboxylic acids is 1. The molecule has 1 aliphatic heterocycles. The van der Waals surface area contributed by atoms with Crippen LogP contribution in [0.4, 0.5) is 0 Å². The zero-order valence-electron chi connectivity index (χ0n) is 11.1. The Balaban J connectivity index is 2.15. The first-order chi connectivity index (χ1) is 9.13. The molecule has 0 saturated heterocycles. The van der Waals surface area contributed by atoms with E-state index in [1.165, 1.54) is 0 Å². The molecule has 1 aliphatic rings. The van der Waals surface area contributed by atoms with Crippen molar-refractivity contribution in [3.63, 3.8) is 0 Å². The highest BCUT2D eigenvalue weighted by molar-refractivity contribution is 6.18. The van der Waals surface area contributed by atoms with Crippen molar-refractivity contribution in [2.45, 2.75) is 19.9 Å². The van der Waals surface area contributed by atoms with Gasteiger partial charge >= 0.3 is 0 Å². The second-order valence-corrected chi connectivity index (χ2v) is 5.03. The number of fused-ring (bicyclic) bond motifs is 1. The van der Waals surface area contributed by atoms with Crippen LogP contribution in [0.2, 0.25) is 0 Å². The summed E-state index contributed by atoms with van der Waals surface area (Å²) in [5, 5.41) is 2.94. The van der Waals surface area contributed by atoms with Gasteiger partial charge in [-0.3, -0.25) is 4.79 Å². The number of halogens is 1. The maximum Gasteiger partial charge on any atom is 0.255 e. The highest BCUT2D eigenvalue weighted by Gasteiger charge is 2.22. The van der Waals surface area contributed by atoms with Gasteiger partial charge in [-0.25, -0.2) is 0 Å². The van der Waals surface area contributed by atoms with Gasteiger partial charge in [0.25, 0.3) is 5.91 Å². The molecule has 4 nitrogen and oxygen atoms in total. The molecule has 0 radical (unpaired) electrons. The molecule has 0 aliphatic carbocycles. The number of hydrogen-bond acceptors (Lipinski definition) is 3. The predicted octanol–water partition coefficient (Wildman–Crippen LogP) is 2.45. The third-order valence-electron chi connectivity index (χ3n) is 3.27. The number of nitrogens with one attached hydrogen (secondary N) is 1. The monoisotopic (exact) mass is 283 g/mol. The molecule has 1 aromatic carbocycles. The number of benzene rings is 1. The zero-order valence-corrected chi connectivity index (χ0v) is 11.9. The SMILES string of the molecule is CC(CCl)C(C)NC(=O)c1cccc2c1OCCO2. The van der Waals surface area contributed by atoms with E-state index in [1.54, 1.807) is 18.2 Å². The molecule has 0 saturated carbocycles. The fourth-order valence-electron chi connectivity index (χ4n) is 1.81. The van der Waals surface area contributed by atoms with Crippen LogP contribution in [0.3, 0.4) is 0 Å². The molecule has 0 spiro atoms. The number of amides is 1. The number of rotatable bonds is 4. The lowest BCUT2D eigenvalue weighted by Gasteiger charge is -2.23. The van der Waals surface area contributed by atoms with Gasteiger partial charge in [-0.15, -0.1) is 11.6 Å². The van der Waals surface area contributed by atoms with E-state index in [1.807, 2.05) is 13.8 Å². The highest BCUT2D eigenvalue weighted by Crippen LogP contribution is 2.33. The van der Waals surface area contributed by atoms with Crippen LogP contribution in [0, 0.1) is 5.92 Å². The average Bonchev–Trinajstić information content (AvgIpc) is 2.45. The summed E-state index contributed by atoms with van der Waals surface area (Å²) in [5.74, 6) is 1.71. The second-order valence-electron chi connectivity index (χ2n) is 4.72. The van der Waals surface area contributed by atoms with Crippen molar-refractivity contribution in [2.24, 2.45) is 5.92 Å². The number of ether oxygens (including phenoxy) is 2. The maximum atomic E-state index is 12.3. The van der Waals surface area contributed by atoms with E-state index in [4.69, 9.17) is 21.1 Å². The van der Waals surface area contributed by atoms with E-state index in [9.17, 15) is 4.79 Å². The summed E-state index contributed by atoms with van der Waals surface area (Å²) >= 11 is 5.80. The summed E-state index contributed by atoms with van der Waals surface area (Å²) in [6.45, 7) is 4.92. The van der Waals surface area contributed by atoms with Gasteiger partial charge in [-0.05, 0) is 25.0 Å². The molecule has 0 fully saturated rings. The van der Waals surface area contributed by atoms with Gasteiger partial charge in [0.2, 0.25) is 0 Å². The van der Waals surface area contributed by atoms with Crippen molar-refractivity contribution in [2.75, 3.05) is 19.1 Å². The quantitative estimate of drug-likeness (QED) is 0.864. The van der Waals surface area contributed by atoms with E-state index in [0.29, 0.717) is 36.2 Å². The first kappa shape index (κ1) is 14.0. The van der Waals surface area contributed by atoms with Crippen LogP contribution in [-0.4, -0.2) is 31.0 Å². The summed E-state index contributed by atoms with van der Waals surface area (Å²) < 4.78 is 11.0. The largest absolute Gasteiger partial charge is 0.486 e. The van der Waals surface area contributed by atoms with E-state index < -0.39 is 0 Å². The van der Waals surface area contributed by atoms with Crippen molar-refractivity contribution in [3.8, 4) is 11.5 Å². The number of hydrogen-bond donors (Lipinski definition) is 1. The minimum absolute atomic E-state index is 0.00497. The topological polar surface area (TPSA) is 47.6 Å². The van der Waals surface area contributed by atoms with Crippen molar-refractivity contribution < 1.29 is 14.3 Å². The van der Waals surface area contributed by atoms with Crippen LogP contribution >= 0.6 is 11.6 Å². The summed E-state index contributed by atoms with van der Waals surface area (Å²) in [6.07, 6.45) is 0. The third-order valence-corrected chi connectivity index (χ3v) is 3.75. The van der Waals surface area contributed by atoms with E-state index in [2.05, 4.69) is 5.32 Å². The van der Waals surface area contributed by atoms with Crippen LogP contribution in [0.25, 0.3) is 0 Å². The lowest BCUT2D eigenvalue weighted by Crippen LogP contribution is -2.38. The molecule has 1 amide bonds. The van der Waals surface area contributed by atoms with Crippen molar-refractivity contribution >= 4 is 17.5 Å². The summed E-state index contributed by atoms with van der Waals surface area (Å²) in [6, 6.07) is 5.33. The Morgan fingerprint density at radius 1 is 1.37 bits per heavy atom. The van der Waals surface area contributed by atoms with Gasteiger partial charge in [0, 0.05) is 11.9 Å². The Labute approximate surface area is 118 Å². The maximum absolute atomic E-state index is 12.3. The molecule has 1 N–H and O–H groups in total. The average molecular weight is 284 g/mol. The first-order valence-electron chi connectivity index (χ1n) is 6.39. The molecule has 2 atom stereocenters. The molecular formula is C14H18ClNO3. The van der Waals surface area contributed by atoms with Crippen LogP contribution < -0.4 is 14.8 Å². The zero-order chi connectivity index (χ0) is 13.8. The van der Waals surface area contributed by atoms with Gasteiger partial charge in [0.05, 0.1) is 5.56 Å². The standard InChI is InChI=1S/C14H18ClNO3/c1-9(8-15)10(2)16-14(17)11-4-3-5-12-13(11)19-7-6-18-12/h3-5,9-10H,6-8H2,1-2H3,(H,16,17). The van der Waals surface area contributed by atoms with Crippen molar-refractivity contribution in [1.82, 2.24) is 5.32 Å². The summed E-state index contributed by atoms with van der Waals surface area (Å²) in [5.41, 5.74) is 0.505. The fourth-order valence-corrected chi connectivity index (χ4v) is 2.08. The molecular weight excluding hydrogens is 266 g/mol. The lowest BCUT2D eigenvalue weighted by atomic mass is 10.1. The normalized spacial score (nSPS) is 16.6. The Hall–Kier alpha value is -1.42. The van der Waals surface area contributed by atoms with Gasteiger partial charge < -0.3 is 14.8 Å². The van der Waals surface area contributed by atoms with Crippen LogP contribution in [-0.2, 0) is 0 Å². The van der Waals surface area contributed by atoms with Gasteiger partial charge in [-0.2, -0.15) is 0 Å². The van der Waals surface area contributed by atoms with Crippen LogP contribution in [0.5, 0.6) is 11.5 Å². The molecule has 1 aromatic rings.